The van der Waals surface area contributed by atoms with E-state index in [2.05, 4.69) is 10.2 Å². The predicted molar refractivity (Wildman–Crippen MR) is 58.1 cm³/mol. The number of ether oxygens (including phenoxy) is 1. The first-order chi connectivity index (χ1) is 7.53. The molecule has 4 nitrogen and oxygen atoms in total. The fourth-order valence-electron chi connectivity index (χ4n) is 1.26. The Hall–Kier alpha value is -0.820. The average Bonchev–Trinajstić information content (AvgIpc) is 2.62. The van der Waals surface area contributed by atoms with Crippen molar-refractivity contribution in [2.75, 3.05) is 13.2 Å². The van der Waals surface area contributed by atoms with Gasteiger partial charge in [0.25, 0.3) is 0 Å². The Labute approximate surface area is 97.6 Å². The molecule has 0 aliphatic carbocycles. The Kier molecular flexibility index (Phi) is 4.55. The van der Waals surface area contributed by atoms with Crippen molar-refractivity contribution >= 4 is 12.2 Å². The Morgan fingerprint density at radius 1 is 1.50 bits per heavy atom. The Balaban J connectivity index is 2.90. The molecule has 1 aromatic rings. The van der Waals surface area contributed by atoms with Crippen LogP contribution in [0.5, 0.6) is 0 Å². The minimum absolute atomic E-state index is 0.197. The fraction of sp³-hybridized carbons (Fsp3) is 0.778. The van der Waals surface area contributed by atoms with Gasteiger partial charge in [-0.1, -0.05) is 6.92 Å². The number of halogens is 2. The summed E-state index contributed by atoms with van der Waals surface area (Å²) in [5, 5.41) is 5.96. The number of nitrogens with zero attached hydrogens (tertiary/aromatic N) is 2. The van der Waals surface area contributed by atoms with Crippen LogP contribution in [0.2, 0.25) is 0 Å². The zero-order valence-electron chi connectivity index (χ0n) is 9.30. The number of H-pyrrole nitrogens is 1. The summed E-state index contributed by atoms with van der Waals surface area (Å²) in [6.07, 6.45) is -0.304. The van der Waals surface area contributed by atoms with Crippen LogP contribution >= 0.6 is 12.2 Å². The second kappa shape index (κ2) is 5.49. The van der Waals surface area contributed by atoms with Crippen molar-refractivity contribution in [2.24, 2.45) is 0 Å². The fourth-order valence-corrected chi connectivity index (χ4v) is 1.49. The van der Waals surface area contributed by atoms with Crippen LogP contribution in [0.1, 0.15) is 26.1 Å². The number of rotatable bonds is 6. The maximum atomic E-state index is 13.5. The first-order valence-electron chi connectivity index (χ1n) is 5.14. The van der Waals surface area contributed by atoms with Crippen molar-refractivity contribution in [3.05, 3.63) is 10.6 Å². The smallest absolute Gasteiger partial charge is 0.306 e. The first-order valence-corrected chi connectivity index (χ1v) is 5.55. The summed E-state index contributed by atoms with van der Waals surface area (Å²) < 4.78 is 33.5. The highest BCUT2D eigenvalue weighted by Gasteiger charge is 2.35. The van der Waals surface area contributed by atoms with Gasteiger partial charge in [-0.05, 0) is 19.1 Å². The summed E-state index contributed by atoms with van der Waals surface area (Å²) in [7, 11) is 0. The average molecular weight is 251 g/mol. The zero-order chi connectivity index (χ0) is 12.2. The summed E-state index contributed by atoms with van der Waals surface area (Å²) in [6, 6.07) is 0. The molecule has 92 valence electrons. The lowest BCUT2D eigenvalue weighted by Gasteiger charge is -2.14. The SMILES string of the molecule is CCOCCn1c(C(F)(F)CC)n[nH]c1=S. The molecule has 16 heavy (non-hydrogen) atoms. The second-order valence-electron chi connectivity index (χ2n) is 3.26. The van der Waals surface area contributed by atoms with Gasteiger partial charge in [0.05, 0.1) is 13.2 Å². The largest absolute Gasteiger partial charge is 0.380 e. The molecule has 0 saturated heterocycles. The number of nitrogens with one attached hydrogen (secondary N) is 1. The molecule has 1 N–H and O–H groups in total. The third kappa shape index (κ3) is 2.85. The third-order valence-electron chi connectivity index (χ3n) is 2.19. The van der Waals surface area contributed by atoms with Crippen LogP contribution in [0, 0.1) is 4.77 Å². The van der Waals surface area contributed by atoms with Gasteiger partial charge in [0, 0.05) is 13.0 Å². The number of hydrogen-bond donors (Lipinski definition) is 1. The lowest BCUT2D eigenvalue weighted by Crippen LogP contribution is -2.20. The minimum Gasteiger partial charge on any atom is -0.380 e. The molecule has 0 amide bonds. The standard InChI is InChI=1S/C9H15F2N3OS/c1-3-9(10,11)7-12-13-8(16)14(7)5-6-15-4-2/h3-6H2,1-2H3,(H,13,16). The van der Waals surface area contributed by atoms with E-state index in [9.17, 15) is 8.78 Å². The normalized spacial score (nSPS) is 12.0. The molecule has 0 radical (unpaired) electrons. The van der Waals surface area contributed by atoms with E-state index in [0.717, 1.165) is 0 Å². The van der Waals surface area contributed by atoms with E-state index in [1.165, 1.54) is 11.5 Å². The van der Waals surface area contributed by atoms with Gasteiger partial charge < -0.3 is 4.74 Å². The summed E-state index contributed by atoms with van der Waals surface area (Å²) in [5.74, 6) is -3.28. The lowest BCUT2D eigenvalue weighted by atomic mass is 10.2. The predicted octanol–water partition coefficient (Wildman–Crippen LogP) is 2.48. The molecular formula is C9H15F2N3OS. The highest BCUT2D eigenvalue weighted by Crippen LogP contribution is 2.29. The molecule has 0 unspecified atom stereocenters. The molecule has 1 heterocycles. The van der Waals surface area contributed by atoms with Gasteiger partial charge in [-0.25, -0.2) is 0 Å². The molecule has 7 heteroatoms. The number of aromatic nitrogens is 3. The van der Waals surface area contributed by atoms with E-state index in [1.54, 1.807) is 0 Å². The number of alkyl halides is 2. The molecule has 0 spiro atoms. The number of hydrogen-bond acceptors (Lipinski definition) is 3. The van der Waals surface area contributed by atoms with Crippen LogP contribution < -0.4 is 0 Å². The summed E-state index contributed by atoms with van der Waals surface area (Å²) >= 11 is 4.90. The zero-order valence-corrected chi connectivity index (χ0v) is 10.1. The Morgan fingerprint density at radius 2 is 2.19 bits per heavy atom. The molecule has 0 saturated carbocycles. The van der Waals surface area contributed by atoms with Crippen LogP contribution in [-0.2, 0) is 17.2 Å². The first kappa shape index (κ1) is 13.2. The highest BCUT2D eigenvalue weighted by molar-refractivity contribution is 7.71. The summed E-state index contributed by atoms with van der Waals surface area (Å²) in [5.41, 5.74) is 0. The van der Waals surface area contributed by atoms with Crippen LogP contribution in [0.25, 0.3) is 0 Å². The molecule has 1 aromatic heterocycles. The van der Waals surface area contributed by atoms with Gasteiger partial charge >= 0.3 is 5.92 Å². The molecule has 1 rings (SSSR count). The monoisotopic (exact) mass is 251 g/mol. The van der Waals surface area contributed by atoms with Gasteiger partial charge in [-0.15, -0.1) is 0 Å². The van der Waals surface area contributed by atoms with E-state index in [1.807, 2.05) is 6.92 Å². The maximum absolute atomic E-state index is 13.5. The second-order valence-corrected chi connectivity index (χ2v) is 3.65. The van der Waals surface area contributed by atoms with Crippen molar-refractivity contribution < 1.29 is 13.5 Å². The molecule has 0 aromatic carbocycles. The molecule has 0 fully saturated rings. The topological polar surface area (TPSA) is 42.8 Å². The number of aromatic amines is 1. The van der Waals surface area contributed by atoms with Crippen LogP contribution in [0.3, 0.4) is 0 Å². The Morgan fingerprint density at radius 3 is 2.75 bits per heavy atom. The summed E-state index contributed by atoms with van der Waals surface area (Å²) in [6.45, 7) is 4.43. The molecule has 0 aliphatic heterocycles. The molecule has 0 aliphatic rings. The van der Waals surface area contributed by atoms with Crippen molar-refractivity contribution in [3.63, 3.8) is 0 Å². The quantitative estimate of drug-likeness (QED) is 0.624. The van der Waals surface area contributed by atoms with E-state index >= 15 is 0 Å². The van der Waals surface area contributed by atoms with Crippen LogP contribution in [0.15, 0.2) is 0 Å². The minimum atomic E-state index is -2.96. The van der Waals surface area contributed by atoms with Gasteiger partial charge in [0.1, 0.15) is 0 Å². The van der Waals surface area contributed by atoms with E-state index in [4.69, 9.17) is 17.0 Å². The van der Waals surface area contributed by atoms with Crippen molar-refractivity contribution in [1.82, 2.24) is 14.8 Å². The molecular weight excluding hydrogens is 236 g/mol. The lowest BCUT2D eigenvalue weighted by molar-refractivity contribution is -0.0223. The van der Waals surface area contributed by atoms with E-state index in [-0.39, 0.29) is 23.6 Å². The molecule has 0 bridgehead atoms. The van der Waals surface area contributed by atoms with Crippen molar-refractivity contribution in [2.45, 2.75) is 32.7 Å². The van der Waals surface area contributed by atoms with Crippen molar-refractivity contribution in [1.29, 1.82) is 0 Å². The third-order valence-corrected chi connectivity index (χ3v) is 2.50. The van der Waals surface area contributed by atoms with Crippen molar-refractivity contribution in [3.8, 4) is 0 Å². The Bertz CT molecular complexity index is 388. The van der Waals surface area contributed by atoms with Gasteiger partial charge in [0.2, 0.25) is 5.82 Å². The highest BCUT2D eigenvalue weighted by atomic mass is 32.1. The van der Waals surface area contributed by atoms with E-state index < -0.39 is 5.92 Å². The maximum Gasteiger partial charge on any atom is 0.306 e. The molecule has 0 atom stereocenters. The van der Waals surface area contributed by atoms with Crippen LogP contribution in [0.4, 0.5) is 8.78 Å². The van der Waals surface area contributed by atoms with Gasteiger partial charge in [-0.2, -0.15) is 13.9 Å². The summed E-state index contributed by atoms with van der Waals surface area (Å²) in [4.78, 5) is 0. The van der Waals surface area contributed by atoms with Gasteiger partial charge in [0.15, 0.2) is 4.77 Å². The van der Waals surface area contributed by atoms with Gasteiger partial charge in [-0.3, -0.25) is 9.67 Å². The van der Waals surface area contributed by atoms with E-state index in [0.29, 0.717) is 13.2 Å². The van der Waals surface area contributed by atoms with Crippen LogP contribution in [-0.4, -0.2) is 28.0 Å².